The summed E-state index contributed by atoms with van der Waals surface area (Å²) in [7, 11) is 0. The van der Waals surface area contributed by atoms with Crippen LogP contribution in [-0.4, -0.2) is 19.1 Å². The van der Waals surface area contributed by atoms with Crippen molar-refractivity contribution in [2.45, 2.75) is 6.92 Å². The van der Waals surface area contributed by atoms with Crippen LogP contribution in [-0.2, 0) is 4.79 Å². The fourth-order valence-electron chi connectivity index (χ4n) is 1.94. The molecule has 0 atom stereocenters. The molecule has 0 saturated carbocycles. The molecule has 0 unspecified atom stereocenters. The van der Waals surface area contributed by atoms with E-state index in [9.17, 15) is 4.79 Å². The van der Waals surface area contributed by atoms with Gasteiger partial charge in [0.25, 0.3) is 5.91 Å². The summed E-state index contributed by atoms with van der Waals surface area (Å²) in [5, 5.41) is 9.36. The Balaban J connectivity index is 2.09. The van der Waals surface area contributed by atoms with Gasteiger partial charge in [0.2, 0.25) is 0 Å². The predicted octanol–water partition coefficient (Wildman–Crippen LogP) is 3.58. The van der Waals surface area contributed by atoms with Gasteiger partial charge < -0.3 is 4.74 Å². The summed E-state index contributed by atoms with van der Waals surface area (Å²) in [6.45, 7) is 1.70. The molecule has 0 aromatic heterocycles. The summed E-state index contributed by atoms with van der Waals surface area (Å²) in [5.74, 6) is 0.158. The fraction of sp³-hybridized carbons (Fsp3) is 0.176. The van der Waals surface area contributed by atoms with Crippen molar-refractivity contribution in [2.75, 3.05) is 18.1 Å². The van der Waals surface area contributed by atoms with E-state index in [-0.39, 0.29) is 19.1 Å². The Kier molecular flexibility index (Phi) is 5.40. The summed E-state index contributed by atoms with van der Waals surface area (Å²) in [6, 6.07) is 16.4. The number of carbonyl (C=O) groups is 1. The van der Waals surface area contributed by atoms with Crippen LogP contribution in [0.4, 0.5) is 5.69 Å². The quantitative estimate of drug-likeness (QED) is 0.793. The first-order valence-corrected chi connectivity index (χ1v) is 7.11. The standard InChI is InChI=1S/C17H15ClN2O2/c1-13-7-8-15(18)16(11-13)22-12-17(21)20(10-9-19)14-5-3-2-4-6-14/h2-8,11H,10,12H2,1H3. The van der Waals surface area contributed by atoms with Gasteiger partial charge in [-0.3, -0.25) is 9.69 Å². The summed E-state index contributed by atoms with van der Waals surface area (Å²) in [4.78, 5) is 13.7. The second-order valence-electron chi connectivity index (χ2n) is 4.70. The molecule has 2 aromatic rings. The number of rotatable bonds is 5. The van der Waals surface area contributed by atoms with E-state index < -0.39 is 0 Å². The molecule has 0 fully saturated rings. The minimum absolute atomic E-state index is 0.0340. The molecule has 0 aliphatic rings. The highest BCUT2D eigenvalue weighted by Gasteiger charge is 2.16. The third kappa shape index (κ3) is 4.00. The van der Waals surface area contributed by atoms with Crippen molar-refractivity contribution < 1.29 is 9.53 Å². The first-order valence-electron chi connectivity index (χ1n) is 6.73. The van der Waals surface area contributed by atoms with E-state index in [1.54, 1.807) is 24.3 Å². The zero-order chi connectivity index (χ0) is 15.9. The van der Waals surface area contributed by atoms with Gasteiger partial charge in [0.1, 0.15) is 12.3 Å². The molecule has 2 aromatic carbocycles. The highest BCUT2D eigenvalue weighted by molar-refractivity contribution is 6.32. The van der Waals surface area contributed by atoms with Crippen LogP contribution in [0.25, 0.3) is 0 Å². The van der Waals surface area contributed by atoms with Crippen molar-refractivity contribution in [3.8, 4) is 11.8 Å². The van der Waals surface area contributed by atoms with Crippen LogP contribution in [0.5, 0.6) is 5.75 Å². The Morgan fingerprint density at radius 1 is 1.27 bits per heavy atom. The molecule has 0 spiro atoms. The Morgan fingerprint density at radius 3 is 2.68 bits per heavy atom. The molecular weight excluding hydrogens is 300 g/mol. The molecule has 22 heavy (non-hydrogen) atoms. The Labute approximate surface area is 134 Å². The molecule has 0 heterocycles. The number of hydrogen-bond donors (Lipinski definition) is 0. The predicted molar refractivity (Wildman–Crippen MR) is 86.1 cm³/mol. The number of aryl methyl sites for hydroxylation is 1. The first-order chi connectivity index (χ1) is 10.6. The Morgan fingerprint density at radius 2 is 2.00 bits per heavy atom. The van der Waals surface area contributed by atoms with E-state index in [2.05, 4.69) is 0 Å². The lowest BCUT2D eigenvalue weighted by Gasteiger charge is -2.20. The average Bonchev–Trinajstić information content (AvgIpc) is 2.54. The first kappa shape index (κ1) is 15.9. The van der Waals surface area contributed by atoms with Crippen LogP contribution in [0.1, 0.15) is 5.56 Å². The van der Waals surface area contributed by atoms with Crippen LogP contribution >= 0.6 is 11.6 Å². The maximum atomic E-state index is 12.3. The number of nitrogens with zero attached hydrogens (tertiary/aromatic N) is 2. The van der Waals surface area contributed by atoms with Crippen LogP contribution < -0.4 is 9.64 Å². The van der Waals surface area contributed by atoms with Gasteiger partial charge in [0.05, 0.1) is 11.1 Å². The number of halogens is 1. The molecule has 0 aliphatic heterocycles. The van der Waals surface area contributed by atoms with Gasteiger partial charge in [0.15, 0.2) is 6.61 Å². The molecule has 1 amide bonds. The van der Waals surface area contributed by atoms with Gasteiger partial charge in [-0.15, -0.1) is 0 Å². The average molecular weight is 315 g/mol. The van der Waals surface area contributed by atoms with Gasteiger partial charge in [0, 0.05) is 5.69 Å². The lowest BCUT2D eigenvalue weighted by Crippen LogP contribution is -2.35. The number of carbonyl (C=O) groups excluding carboxylic acids is 1. The normalized spacial score (nSPS) is 9.86. The van der Waals surface area contributed by atoms with Gasteiger partial charge in [-0.05, 0) is 36.8 Å². The molecule has 0 saturated heterocycles. The lowest BCUT2D eigenvalue weighted by molar-refractivity contribution is -0.120. The topological polar surface area (TPSA) is 53.3 Å². The smallest absolute Gasteiger partial charge is 0.265 e. The summed E-state index contributed by atoms with van der Waals surface area (Å²) in [6.07, 6.45) is 0. The minimum atomic E-state index is -0.301. The van der Waals surface area contributed by atoms with E-state index in [4.69, 9.17) is 21.6 Å². The Hall–Kier alpha value is -2.51. The molecular formula is C17H15ClN2O2. The van der Waals surface area contributed by atoms with Crippen molar-refractivity contribution in [2.24, 2.45) is 0 Å². The monoisotopic (exact) mass is 314 g/mol. The highest BCUT2D eigenvalue weighted by atomic mass is 35.5. The largest absolute Gasteiger partial charge is 0.482 e. The van der Waals surface area contributed by atoms with E-state index in [0.29, 0.717) is 16.5 Å². The van der Waals surface area contributed by atoms with Crippen LogP contribution in [0.2, 0.25) is 5.02 Å². The summed E-state index contributed by atoms with van der Waals surface area (Å²) < 4.78 is 5.50. The van der Waals surface area contributed by atoms with Crippen molar-refractivity contribution >= 4 is 23.2 Å². The molecule has 0 bridgehead atoms. The number of benzene rings is 2. The second-order valence-corrected chi connectivity index (χ2v) is 5.10. The molecule has 2 rings (SSSR count). The maximum Gasteiger partial charge on any atom is 0.265 e. The molecule has 0 radical (unpaired) electrons. The van der Waals surface area contributed by atoms with Gasteiger partial charge in [-0.25, -0.2) is 0 Å². The number of nitriles is 1. The van der Waals surface area contributed by atoms with E-state index in [1.807, 2.05) is 37.3 Å². The molecule has 0 aliphatic carbocycles. The fourth-order valence-corrected chi connectivity index (χ4v) is 2.11. The maximum absolute atomic E-state index is 12.3. The van der Waals surface area contributed by atoms with Crippen molar-refractivity contribution in [3.63, 3.8) is 0 Å². The molecule has 4 nitrogen and oxygen atoms in total. The zero-order valence-electron chi connectivity index (χ0n) is 12.1. The molecule has 112 valence electrons. The van der Waals surface area contributed by atoms with E-state index in [0.717, 1.165) is 5.56 Å². The zero-order valence-corrected chi connectivity index (χ0v) is 12.9. The second kappa shape index (κ2) is 7.48. The van der Waals surface area contributed by atoms with Crippen molar-refractivity contribution in [1.29, 1.82) is 5.26 Å². The van der Waals surface area contributed by atoms with Gasteiger partial charge in [-0.2, -0.15) is 5.26 Å². The summed E-state index contributed by atoms with van der Waals surface area (Å²) in [5.41, 5.74) is 1.65. The number of ether oxygens (including phenoxy) is 1. The number of para-hydroxylation sites is 1. The minimum Gasteiger partial charge on any atom is -0.482 e. The van der Waals surface area contributed by atoms with Crippen molar-refractivity contribution in [3.05, 3.63) is 59.1 Å². The molecule has 0 N–H and O–H groups in total. The SMILES string of the molecule is Cc1ccc(Cl)c(OCC(=O)N(CC#N)c2ccccc2)c1. The van der Waals surface area contributed by atoms with Gasteiger partial charge >= 0.3 is 0 Å². The van der Waals surface area contributed by atoms with Crippen molar-refractivity contribution in [1.82, 2.24) is 0 Å². The number of amides is 1. The third-order valence-corrected chi connectivity index (χ3v) is 3.35. The Bertz CT molecular complexity index is 696. The third-order valence-electron chi connectivity index (χ3n) is 3.04. The van der Waals surface area contributed by atoms with Crippen LogP contribution in [0.15, 0.2) is 48.5 Å². The van der Waals surface area contributed by atoms with Crippen LogP contribution in [0.3, 0.4) is 0 Å². The lowest BCUT2D eigenvalue weighted by atomic mass is 10.2. The molecule has 5 heteroatoms. The number of anilines is 1. The van der Waals surface area contributed by atoms with E-state index >= 15 is 0 Å². The van der Waals surface area contributed by atoms with Crippen LogP contribution in [0, 0.1) is 18.3 Å². The number of hydrogen-bond acceptors (Lipinski definition) is 3. The summed E-state index contributed by atoms with van der Waals surface area (Å²) >= 11 is 6.04. The highest BCUT2D eigenvalue weighted by Crippen LogP contribution is 2.25. The van der Waals surface area contributed by atoms with Gasteiger partial charge in [-0.1, -0.05) is 35.9 Å². The van der Waals surface area contributed by atoms with E-state index in [1.165, 1.54) is 4.90 Å².